The van der Waals surface area contributed by atoms with Crippen LogP contribution in [0, 0.1) is 5.92 Å². The Morgan fingerprint density at radius 3 is 2.75 bits per heavy atom. The van der Waals surface area contributed by atoms with Crippen LogP contribution < -0.4 is 0 Å². The van der Waals surface area contributed by atoms with E-state index in [9.17, 15) is 24.9 Å². The average Bonchev–Trinajstić information content (AvgIpc) is 3.00. The van der Waals surface area contributed by atoms with Crippen molar-refractivity contribution >= 4 is 11.8 Å². The average molecular weight is 338 g/mol. The monoisotopic (exact) mass is 338 g/mol. The third-order valence-electron chi connectivity index (χ3n) is 4.42. The Morgan fingerprint density at radius 2 is 2.12 bits per heavy atom. The normalized spacial score (nSPS) is 24.5. The highest BCUT2D eigenvalue weighted by molar-refractivity contribution is 6.02. The number of aliphatic hydroxyl groups is 1. The number of carbonyl (C=O) groups is 2. The number of carbonyl (C=O) groups excluding carboxylic acids is 2. The molecule has 1 aliphatic rings. The summed E-state index contributed by atoms with van der Waals surface area (Å²) in [6, 6.07) is 3.61. The summed E-state index contributed by atoms with van der Waals surface area (Å²) in [6.45, 7) is 1.70. The van der Waals surface area contributed by atoms with Gasteiger partial charge in [-0.2, -0.15) is 0 Å². The second kappa shape index (κ2) is 7.19. The van der Waals surface area contributed by atoms with Crippen LogP contribution in [-0.4, -0.2) is 52.5 Å². The Labute approximate surface area is 139 Å². The zero-order chi connectivity index (χ0) is 17.9. The van der Waals surface area contributed by atoms with Crippen molar-refractivity contribution < 1.29 is 34.4 Å². The molecule has 1 aliphatic heterocycles. The minimum atomic E-state index is -1.45. The summed E-state index contributed by atoms with van der Waals surface area (Å²) in [5, 5.41) is 28.6. The van der Waals surface area contributed by atoms with Gasteiger partial charge >= 0.3 is 5.97 Å². The van der Waals surface area contributed by atoms with Crippen molar-refractivity contribution in [3.05, 3.63) is 23.8 Å². The summed E-state index contributed by atoms with van der Waals surface area (Å²) >= 11 is 0. The molecule has 0 aliphatic carbocycles. The van der Waals surface area contributed by atoms with Gasteiger partial charge in [0.25, 0.3) is 0 Å². The molecule has 7 heteroatoms. The lowest BCUT2D eigenvalue weighted by molar-refractivity contribution is -0.170. The van der Waals surface area contributed by atoms with E-state index in [0.717, 1.165) is 6.07 Å². The Balaban J connectivity index is 2.26. The SMILES string of the molecule is COC(=O)[C@]1(CC(=O)c2cc(O)ccc2O)CC[C@H](C(C)CO)O1. The minimum Gasteiger partial charge on any atom is -0.508 e. The van der Waals surface area contributed by atoms with Crippen molar-refractivity contribution in [1.29, 1.82) is 0 Å². The Bertz CT molecular complexity index is 627. The molecule has 1 heterocycles. The number of rotatable bonds is 6. The van der Waals surface area contributed by atoms with Crippen molar-refractivity contribution in [1.82, 2.24) is 0 Å². The van der Waals surface area contributed by atoms with E-state index in [1.165, 1.54) is 19.2 Å². The van der Waals surface area contributed by atoms with Gasteiger partial charge in [0.1, 0.15) is 11.5 Å². The van der Waals surface area contributed by atoms with E-state index in [2.05, 4.69) is 0 Å². The fraction of sp³-hybridized carbons (Fsp3) is 0.529. The number of aliphatic hydroxyl groups excluding tert-OH is 1. The highest BCUT2D eigenvalue weighted by Crippen LogP contribution is 2.39. The van der Waals surface area contributed by atoms with Gasteiger partial charge in [-0.25, -0.2) is 4.79 Å². The molecule has 1 saturated heterocycles. The maximum Gasteiger partial charge on any atom is 0.338 e. The predicted octanol–water partition coefficient (Wildman–Crippen LogP) is 1.39. The predicted molar refractivity (Wildman–Crippen MR) is 83.8 cm³/mol. The van der Waals surface area contributed by atoms with Crippen molar-refractivity contribution in [2.24, 2.45) is 5.92 Å². The van der Waals surface area contributed by atoms with Gasteiger partial charge in [-0.1, -0.05) is 6.92 Å². The summed E-state index contributed by atoms with van der Waals surface area (Å²) < 4.78 is 10.6. The van der Waals surface area contributed by atoms with E-state index in [0.29, 0.717) is 6.42 Å². The zero-order valence-electron chi connectivity index (χ0n) is 13.7. The highest BCUT2D eigenvalue weighted by Gasteiger charge is 2.50. The fourth-order valence-corrected chi connectivity index (χ4v) is 2.94. The van der Waals surface area contributed by atoms with Crippen molar-refractivity contribution in [3.63, 3.8) is 0 Å². The molecule has 1 fully saturated rings. The van der Waals surface area contributed by atoms with E-state index in [1.54, 1.807) is 6.92 Å². The maximum absolute atomic E-state index is 12.5. The summed E-state index contributed by atoms with van der Waals surface area (Å²) in [6.07, 6.45) is 0.112. The first kappa shape index (κ1) is 18.2. The molecule has 24 heavy (non-hydrogen) atoms. The minimum absolute atomic E-state index is 0.0828. The fourth-order valence-electron chi connectivity index (χ4n) is 2.94. The largest absolute Gasteiger partial charge is 0.508 e. The molecule has 0 saturated carbocycles. The first-order chi connectivity index (χ1) is 11.3. The van der Waals surface area contributed by atoms with Gasteiger partial charge in [-0.3, -0.25) is 4.79 Å². The van der Waals surface area contributed by atoms with Crippen LogP contribution >= 0.6 is 0 Å². The molecule has 7 nitrogen and oxygen atoms in total. The number of hydrogen-bond donors (Lipinski definition) is 3. The molecule has 132 valence electrons. The number of phenols is 2. The van der Waals surface area contributed by atoms with Crippen LogP contribution in [0.15, 0.2) is 18.2 Å². The number of hydrogen-bond acceptors (Lipinski definition) is 7. The molecule has 3 N–H and O–H groups in total. The summed E-state index contributed by atoms with van der Waals surface area (Å²) in [5.41, 5.74) is -1.53. The van der Waals surface area contributed by atoms with Crippen molar-refractivity contribution in [2.75, 3.05) is 13.7 Å². The topological polar surface area (TPSA) is 113 Å². The molecule has 0 spiro atoms. The lowest BCUT2D eigenvalue weighted by Gasteiger charge is -2.27. The quantitative estimate of drug-likeness (QED) is 0.408. The summed E-state index contributed by atoms with van der Waals surface area (Å²) in [7, 11) is 1.21. The van der Waals surface area contributed by atoms with Crippen LogP contribution in [0.3, 0.4) is 0 Å². The van der Waals surface area contributed by atoms with Gasteiger partial charge in [-0.05, 0) is 31.0 Å². The summed E-state index contributed by atoms with van der Waals surface area (Å²) in [5.74, 6) is -1.83. The Kier molecular flexibility index (Phi) is 5.46. The molecule has 3 atom stereocenters. The van der Waals surface area contributed by atoms with Crippen LogP contribution in [0.2, 0.25) is 0 Å². The standard InChI is InChI=1S/C17H22O7/c1-10(9-18)15-5-6-17(24-15,16(22)23-2)8-14(21)12-7-11(19)3-4-13(12)20/h3-4,7,10,15,18-20H,5-6,8-9H2,1-2H3/t10?,15-,17-/m1/s1. The first-order valence-electron chi connectivity index (χ1n) is 7.75. The number of phenolic OH excluding ortho intramolecular Hbond substituents is 2. The number of ether oxygens (including phenoxy) is 2. The van der Waals surface area contributed by atoms with E-state index in [1.807, 2.05) is 0 Å². The Hall–Kier alpha value is -2.12. The molecule has 0 aromatic heterocycles. The molecule has 0 bridgehead atoms. The first-order valence-corrected chi connectivity index (χ1v) is 7.75. The number of esters is 1. The smallest absolute Gasteiger partial charge is 0.338 e. The second-order valence-corrected chi connectivity index (χ2v) is 6.14. The van der Waals surface area contributed by atoms with Crippen molar-refractivity contribution in [3.8, 4) is 11.5 Å². The Morgan fingerprint density at radius 1 is 1.42 bits per heavy atom. The van der Waals surface area contributed by atoms with Gasteiger partial charge < -0.3 is 24.8 Å². The van der Waals surface area contributed by atoms with E-state index < -0.39 is 17.4 Å². The summed E-state index contributed by atoms with van der Waals surface area (Å²) in [4.78, 5) is 24.8. The van der Waals surface area contributed by atoms with E-state index in [-0.39, 0.29) is 48.5 Å². The number of ketones is 1. The third kappa shape index (κ3) is 3.52. The number of benzene rings is 1. The van der Waals surface area contributed by atoms with Crippen LogP contribution in [0.5, 0.6) is 11.5 Å². The lowest BCUT2D eigenvalue weighted by atomic mass is 9.90. The van der Waals surface area contributed by atoms with Gasteiger partial charge in [0.15, 0.2) is 11.4 Å². The molecule has 1 aromatic rings. The van der Waals surface area contributed by atoms with Crippen LogP contribution in [0.25, 0.3) is 0 Å². The zero-order valence-corrected chi connectivity index (χ0v) is 13.7. The molecular weight excluding hydrogens is 316 g/mol. The van der Waals surface area contributed by atoms with E-state index >= 15 is 0 Å². The third-order valence-corrected chi connectivity index (χ3v) is 4.42. The molecule has 0 amide bonds. The lowest BCUT2D eigenvalue weighted by Crippen LogP contribution is -2.42. The van der Waals surface area contributed by atoms with Crippen LogP contribution in [0.1, 0.15) is 36.5 Å². The number of aromatic hydroxyl groups is 2. The molecular formula is C17H22O7. The van der Waals surface area contributed by atoms with Gasteiger partial charge in [0, 0.05) is 12.5 Å². The molecule has 2 rings (SSSR count). The molecule has 1 unspecified atom stereocenters. The second-order valence-electron chi connectivity index (χ2n) is 6.14. The highest BCUT2D eigenvalue weighted by atomic mass is 16.6. The van der Waals surface area contributed by atoms with E-state index in [4.69, 9.17) is 9.47 Å². The van der Waals surface area contributed by atoms with Gasteiger partial charge in [0.2, 0.25) is 0 Å². The number of methoxy groups -OCH3 is 1. The maximum atomic E-state index is 12.5. The molecule has 0 radical (unpaired) electrons. The van der Waals surface area contributed by atoms with Gasteiger partial charge in [0.05, 0.1) is 25.2 Å². The number of Topliss-reactive ketones (excluding diaryl/α,β-unsaturated/α-hetero) is 1. The van der Waals surface area contributed by atoms with Crippen LogP contribution in [-0.2, 0) is 14.3 Å². The van der Waals surface area contributed by atoms with Crippen LogP contribution in [0.4, 0.5) is 0 Å². The van der Waals surface area contributed by atoms with Crippen molar-refractivity contribution in [2.45, 2.75) is 37.9 Å². The van der Waals surface area contributed by atoms with Gasteiger partial charge in [-0.15, -0.1) is 0 Å². The molecule has 1 aromatic carbocycles.